The number of nitrogens with one attached hydrogen (secondary N) is 1. The fourth-order valence-electron chi connectivity index (χ4n) is 1.95. The molecule has 88 valence electrons. The zero-order chi connectivity index (χ0) is 11.7. The van der Waals surface area contributed by atoms with Gasteiger partial charge in [-0.15, -0.1) is 0 Å². The molecular formula is C13H13ClN2O. The van der Waals surface area contributed by atoms with Gasteiger partial charge in [0, 0.05) is 0 Å². The largest absolute Gasteiger partial charge is 0.444 e. The molecule has 1 aromatic heterocycles. The Morgan fingerprint density at radius 3 is 2.88 bits per heavy atom. The summed E-state index contributed by atoms with van der Waals surface area (Å²) in [5.41, 5.74) is 1.86. The van der Waals surface area contributed by atoms with Gasteiger partial charge in [-0.1, -0.05) is 23.7 Å². The average Bonchev–Trinajstić information content (AvgIpc) is 2.73. The van der Waals surface area contributed by atoms with Gasteiger partial charge in [-0.3, -0.25) is 0 Å². The number of hydrogen-bond donors (Lipinski definition) is 1. The Morgan fingerprint density at radius 1 is 1.35 bits per heavy atom. The summed E-state index contributed by atoms with van der Waals surface area (Å²) in [6.07, 6.45) is 2.71. The lowest BCUT2D eigenvalue weighted by Gasteiger charge is -2.25. The highest BCUT2D eigenvalue weighted by molar-refractivity contribution is 6.33. The highest BCUT2D eigenvalue weighted by atomic mass is 35.5. The molecule has 0 bridgehead atoms. The first-order valence-electron chi connectivity index (χ1n) is 5.73. The monoisotopic (exact) mass is 248 g/mol. The molecule has 0 radical (unpaired) electrons. The van der Waals surface area contributed by atoms with Crippen molar-refractivity contribution in [1.82, 2.24) is 10.3 Å². The molecule has 0 saturated carbocycles. The number of benzene rings is 1. The van der Waals surface area contributed by atoms with Crippen LogP contribution in [0.1, 0.15) is 5.69 Å². The SMILES string of the molecule is Clc1ccccc1-c1nc(CC2CNC2)co1. The molecule has 0 atom stereocenters. The fourth-order valence-corrected chi connectivity index (χ4v) is 2.16. The molecule has 1 saturated heterocycles. The second-order valence-electron chi connectivity index (χ2n) is 4.35. The smallest absolute Gasteiger partial charge is 0.227 e. The van der Waals surface area contributed by atoms with Crippen molar-refractivity contribution >= 4 is 11.6 Å². The van der Waals surface area contributed by atoms with Gasteiger partial charge in [-0.25, -0.2) is 4.98 Å². The summed E-state index contributed by atoms with van der Waals surface area (Å²) in [7, 11) is 0. The molecule has 1 aromatic carbocycles. The van der Waals surface area contributed by atoms with E-state index in [-0.39, 0.29) is 0 Å². The maximum atomic E-state index is 6.10. The fraction of sp³-hybridized carbons (Fsp3) is 0.308. The summed E-state index contributed by atoms with van der Waals surface area (Å²) >= 11 is 6.10. The molecular weight excluding hydrogens is 236 g/mol. The normalized spacial score (nSPS) is 15.8. The third-order valence-corrected chi connectivity index (χ3v) is 3.35. The second kappa shape index (κ2) is 4.51. The van der Waals surface area contributed by atoms with Crippen molar-refractivity contribution < 1.29 is 4.42 Å². The average molecular weight is 249 g/mol. The highest BCUT2D eigenvalue weighted by Gasteiger charge is 2.19. The Kier molecular flexibility index (Phi) is 2.87. The molecule has 1 aliphatic heterocycles. The van der Waals surface area contributed by atoms with E-state index in [1.807, 2.05) is 24.3 Å². The maximum Gasteiger partial charge on any atom is 0.227 e. The lowest BCUT2D eigenvalue weighted by molar-refractivity contribution is 0.344. The molecule has 0 aliphatic carbocycles. The molecule has 17 heavy (non-hydrogen) atoms. The van der Waals surface area contributed by atoms with Crippen LogP contribution in [-0.4, -0.2) is 18.1 Å². The van der Waals surface area contributed by atoms with Gasteiger partial charge in [-0.2, -0.15) is 0 Å². The van der Waals surface area contributed by atoms with Crippen LogP contribution in [0, 0.1) is 5.92 Å². The molecule has 1 fully saturated rings. The minimum Gasteiger partial charge on any atom is -0.444 e. The molecule has 1 N–H and O–H groups in total. The molecule has 0 unspecified atom stereocenters. The van der Waals surface area contributed by atoms with Crippen LogP contribution in [0.5, 0.6) is 0 Å². The quantitative estimate of drug-likeness (QED) is 0.908. The van der Waals surface area contributed by atoms with E-state index in [1.54, 1.807) is 6.26 Å². The standard InChI is InChI=1S/C13H13ClN2O/c14-12-4-2-1-3-11(12)13-16-10(8-17-13)5-9-6-15-7-9/h1-4,8-9,15H,5-7H2. The Labute approximate surface area is 105 Å². The lowest BCUT2D eigenvalue weighted by atomic mass is 9.98. The van der Waals surface area contributed by atoms with Crippen LogP contribution in [0.25, 0.3) is 11.5 Å². The predicted octanol–water partition coefficient (Wildman–Crippen LogP) is 2.76. The van der Waals surface area contributed by atoms with E-state index >= 15 is 0 Å². The minimum absolute atomic E-state index is 0.609. The van der Waals surface area contributed by atoms with Gasteiger partial charge in [0.05, 0.1) is 16.3 Å². The van der Waals surface area contributed by atoms with Crippen LogP contribution >= 0.6 is 11.6 Å². The topological polar surface area (TPSA) is 38.1 Å². The summed E-state index contributed by atoms with van der Waals surface area (Å²) in [5.74, 6) is 1.30. The Hall–Kier alpha value is -1.32. The van der Waals surface area contributed by atoms with E-state index in [1.165, 1.54) is 0 Å². The van der Waals surface area contributed by atoms with Crippen LogP contribution in [0.15, 0.2) is 34.9 Å². The van der Waals surface area contributed by atoms with E-state index in [4.69, 9.17) is 16.0 Å². The Morgan fingerprint density at radius 2 is 2.18 bits per heavy atom. The van der Waals surface area contributed by atoms with E-state index in [9.17, 15) is 0 Å². The van der Waals surface area contributed by atoms with Crippen molar-refractivity contribution in [2.75, 3.05) is 13.1 Å². The van der Waals surface area contributed by atoms with Gasteiger partial charge >= 0.3 is 0 Å². The molecule has 3 rings (SSSR count). The van der Waals surface area contributed by atoms with Gasteiger partial charge in [-0.05, 0) is 37.6 Å². The number of aromatic nitrogens is 1. The van der Waals surface area contributed by atoms with Crippen molar-refractivity contribution in [3.05, 3.63) is 41.2 Å². The first-order valence-corrected chi connectivity index (χ1v) is 6.11. The van der Waals surface area contributed by atoms with Crippen molar-refractivity contribution in [3.63, 3.8) is 0 Å². The number of rotatable bonds is 3. The van der Waals surface area contributed by atoms with Gasteiger partial charge in [0.2, 0.25) is 5.89 Å². The van der Waals surface area contributed by atoms with Crippen molar-refractivity contribution in [2.45, 2.75) is 6.42 Å². The van der Waals surface area contributed by atoms with Gasteiger partial charge in [0.15, 0.2) is 0 Å². The maximum absolute atomic E-state index is 6.10. The summed E-state index contributed by atoms with van der Waals surface area (Å²) in [6.45, 7) is 2.16. The number of oxazole rings is 1. The molecule has 1 aliphatic rings. The van der Waals surface area contributed by atoms with Gasteiger partial charge in [0.1, 0.15) is 6.26 Å². The highest BCUT2D eigenvalue weighted by Crippen LogP contribution is 2.27. The van der Waals surface area contributed by atoms with Gasteiger partial charge < -0.3 is 9.73 Å². The molecule has 2 heterocycles. The Bertz CT molecular complexity index is 520. The van der Waals surface area contributed by atoms with E-state index in [2.05, 4.69) is 10.3 Å². The first-order chi connectivity index (χ1) is 8.33. The molecule has 2 aromatic rings. The lowest BCUT2D eigenvalue weighted by Crippen LogP contribution is -2.43. The summed E-state index contributed by atoms with van der Waals surface area (Å²) < 4.78 is 5.49. The molecule has 4 heteroatoms. The summed E-state index contributed by atoms with van der Waals surface area (Å²) in [6, 6.07) is 7.59. The minimum atomic E-state index is 0.609. The molecule has 0 spiro atoms. The molecule has 0 amide bonds. The third kappa shape index (κ3) is 2.21. The zero-order valence-corrected chi connectivity index (χ0v) is 10.1. The van der Waals surface area contributed by atoms with Crippen molar-refractivity contribution in [2.24, 2.45) is 5.92 Å². The zero-order valence-electron chi connectivity index (χ0n) is 9.32. The number of nitrogens with zero attached hydrogens (tertiary/aromatic N) is 1. The summed E-state index contributed by atoms with van der Waals surface area (Å²) in [5, 5.41) is 3.92. The van der Waals surface area contributed by atoms with E-state index in [0.29, 0.717) is 16.8 Å². The van der Waals surface area contributed by atoms with Crippen LogP contribution in [0.2, 0.25) is 5.02 Å². The second-order valence-corrected chi connectivity index (χ2v) is 4.76. The van der Waals surface area contributed by atoms with Crippen LogP contribution < -0.4 is 5.32 Å². The predicted molar refractivity (Wildman–Crippen MR) is 67.0 cm³/mol. The first kappa shape index (κ1) is 10.8. The Balaban J connectivity index is 1.82. The third-order valence-electron chi connectivity index (χ3n) is 3.02. The van der Waals surface area contributed by atoms with Crippen LogP contribution in [0.3, 0.4) is 0 Å². The van der Waals surface area contributed by atoms with E-state index in [0.717, 1.165) is 30.8 Å². The molecule has 3 nitrogen and oxygen atoms in total. The number of hydrogen-bond acceptors (Lipinski definition) is 3. The van der Waals surface area contributed by atoms with Crippen LogP contribution in [0.4, 0.5) is 0 Å². The van der Waals surface area contributed by atoms with Crippen molar-refractivity contribution in [3.8, 4) is 11.5 Å². The number of halogens is 1. The van der Waals surface area contributed by atoms with Gasteiger partial charge in [0.25, 0.3) is 0 Å². The van der Waals surface area contributed by atoms with Crippen molar-refractivity contribution in [1.29, 1.82) is 0 Å². The van der Waals surface area contributed by atoms with Crippen LogP contribution in [-0.2, 0) is 6.42 Å². The summed E-state index contributed by atoms with van der Waals surface area (Å²) in [4.78, 5) is 4.48. The van der Waals surface area contributed by atoms with E-state index < -0.39 is 0 Å².